The van der Waals surface area contributed by atoms with Crippen LogP contribution in [0.2, 0.25) is 0 Å². The smallest absolute Gasteiger partial charge is 0.132 e. The summed E-state index contributed by atoms with van der Waals surface area (Å²) in [6.07, 6.45) is 0. The molecule has 0 aliphatic carbocycles. The normalized spacial score (nSPS) is 10.6. The van der Waals surface area contributed by atoms with Crippen LogP contribution in [0.3, 0.4) is 0 Å². The van der Waals surface area contributed by atoms with Crippen molar-refractivity contribution in [1.82, 2.24) is 4.98 Å². The monoisotopic (exact) mass is 241 g/mol. The molecule has 0 aliphatic heterocycles. The van der Waals surface area contributed by atoms with Crippen LogP contribution in [0.4, 0.5) is 17.3 Å². The highest BCUT2D eigenvalue weighted by Gasteiger charge is 1.99. The van der Waals surface area contributed by atoms with Gasteiger partial charge in [-0.25, -0.2) is 4.98 Å². The maximum atomic E-state index is 5.64. The molecule has 0 saturated heterocycles. The number of aromatic nitrogens is 1. The summed E-state index contributed by atoms with van der Waals surface area (Å²) in [5, 5.41) is 6.57. The molecule has 3 aromatic rings. The van der Waals surface area contributed by atoms with E-state index in [1.807, 2.05) is 18.2 Å². The summed E-state index contributed by atoms with van der Waals surface area (Å²) >= 11 is 1.74. The molecular formula is C13H11N3S. The number of hydrogen-bond donors (Lipinski definition) is 2. The molecule has 2 heterocycles. The van der Waals surface area contributed by atoms with E-state index < -0.39 is 0 Å². The third-order valence-electron chi connectivity index (χ3n) is 2.50. The van der Waals surface area contributed by atoms with Crippen molar-refractivity contribution >= 4 is 38.7 Å². The number of fused-ring (bicyclic) bond motifs is 1. The first-order valence-electron chi connectivity index (χ1n) is 5.28. The van der Waals surface area contributed by atoms with Gasteiger partial charge >= 0.3 is 0 Å². The second-order valence-electron chi connectivity index (χ2n) is 3.75. The summed E-state index contributed by atoms with van der Waals surface area (Å²) in [7, 11) is 0. The second-order valence-corrected chi connectivity index (χ2v) is 4.69. The number of rotatable bonds is 2. The number of benzene rings is 1. The van der Waals surface area contributed by atoms with Gasteiger partial charge in [-0.1, -0.05) is 6.07 Å². The molecule has 0 fully saturated rings. The predicted molar refractivity (Wildman–Crippen MR) is 73.8 cm³/mol. The van der Waals surface area contributed by atoms with Gasteiger partial charge in [-0.15, -0.1) is 11.3 Å². The summed E-state index contributed by atoms with van der Waals surface area (Å²) in [4.78, 5) is 4.21. The predicted octanol–water partition coefficient (Wildman–Crippen LogP) is 3.62. The van der Waals surface area contributed by atoms with Gasteiger partial charge in [0.2, 0.25) is 0 Å². The number of nitrogens with zero attached hydrogens (tertiary/aromatic N) is 1. The van der Waals surface area contributed by atoms with Gasteiger partial charge in [0.1, 0.15) is 11.6 Å². The van der Waals surface area contributed by atoms with Crippen LogP contribution >= 0.6 is 11.3 Å². The number of nitrogens with one attached hydrogen (secondary N) is 1. The van der Waals surface area contributed by atoms with Crippen molar-refractivity contribution in [2.24, 2.45) is 0 Å². The van der Waals surface area contributed by atoms with Crippen molar-refractivity contribution in [2.75, 3.05) is 11.1 Å². The highest BCUT2D eigenvalue weighted by atomic mass is 32.1. The van der Waals surface area contributed by atoms with E-state index in [4.69, 9.17) is 5.73 Å². The summed E-state index contributed by atoms with van der Waals surface area (Å²) in [6, 6.07) is 13.9. The third-order valence-corrected chi connectivity index (χ3v) is 3.39. The van der Waals surface area contributed by atoms with Gasteiger partial charge in [0.15, 0.2) is 0 Å². The second kappa shape index (κ2) is 4.07. The Morgan fingerprint density at radius 3 is 2.94 bits per heavy atom. The highest BCUT2D eigenvalue weighted by Crippen LogP contribution is 2.25. The molecule has 1 aromatic carbocycles. The van der Waals surface area contributed by atoms with E-state index in [9.17, 15) is 0 Å². The Kier molecular flexibility index (Phi) is 2.42. The lowest BCUT2D eigenvalue weighted by atomic mass is 10.2. The maximum absolute atomic E-state index is 5.64. The standard InChI is InChI=1S/C13H11N3S/c14-12-2-1-3-13(16-12)15-10-4-5-11-9(8-10)6-7-17-11/h1-8H,(H3,14,15,16). The van der Waals surface area contributed by atoms with Crippen LogP contribution in [-0.2, 0) is 0 Å². The number of thiophene rings is 1. The molecule has 0 unspecified atom stereocenters. The number of hydrogen-bond acceptors (Lipinski definition) is 4. The Bertz CT molecular complexity index is 660. The summed E-state index contributed by atoms with van der Waals surface area (Å²) in [5.74, 6) is 1.28. The maximum Gasteiger partial charge on any atom is 0.132 e. The van der Waals surface area contributed by atoms with Gasteiger partial charge in [-0.2, -0.15) is 0 Å². The first-order chi connectivity index (χ1) is 8.31. The van der Waals surface area contributed by atoms with Crippen molar-refractivity contribution in [3.63, 3.8) is 0 Å². The van der Waals surface area contributed by atoms with Crippen LogP contribution in [0.15, 0.2) is 47.8 Å². The van der Waals surface area contributed by atoms with E-state index in [0.717, 1.165) is 11.5 Å². The van der Waals surface area contributed by atoms with Gasteiger partial charge in [-0.3, -0.25) is 0 Å². The number of nitrogens with two attached hydrogens (primary N) is 1. The van der Waals surface area contributed by atoms with Crippen molar-refractivity contribution in [1.29, 1.82) is 0 Å². The van der Waals surface area contributed by atoms with Gasteiger partial charge in [0.05, 0.1) is 0 Å². The SMILES string of the molecule is Nc1cccc(Nc2ccc3sccc3c2)n1. The van der Waals surface area contributed by atoms with E-state index in [1.165, 1.54) is 10.1 Å². The van der Waals surface area contributed by atoms with Gasteiger partial charge in [0.25, 0.3) is 0 Å². The first kappa shape index (κ1) is 10.1. The summed E-state index contributed by atoms with van der Waals surface area (Å²) < 4.78 is 1.29. The molecule has 3 rings (SSSR count). The number of pyridine rings is 1. The molecule has 4 heteroatoms. The number of nitrogen functional groups attached to an aromatic ring is 1. The molecule has 84 valence electrons. The molecule has 0 bridgehead atoms. The average molecular weight is 241 g/mol. The van der Waals surface area contributed by atoms with Gasteiger partial charge in [-0.05, 0) is 47.2 Å². The Morgan fingerprint density at radius 2 is 2.06 bits per heavy atom. The van der Waals surface area contributed by atoms with E-state index in [0.29, 0.717) is 5.82 Å². The fourth-order valence-corrected chi connectivity index (χ4v) is 2.48. The van der Waals surface area contributed by atoms with Crippen molar-refractivity contribution < 1.29 is 0 Å². The zero-order valence-electron chi connectivity index (χ0n) is 9.05. The molecule has 0 spiro atoms. The molecule has 0 saturated carbocycles. The molecule has 0 amide bonds. The summed E-state index contributed by atoms with van der Waals surface area (Å²) in [6.45, 7) is 0. The lowest BCUT2D eigenvalue weighted by molar-refractivity contribution is 1.32. The van der Waals surface area contributed by atoms with Crippen LogP contribution in [-0.4, -0.2) is 4.98 Å². The van der Waals surface area contributed by atoms with Crippen LogP contribution < -0.4 is 11.1 Å². The largest absolute Gasteiger partial charge is 0.384 e. The van der Waals surface area contributed by atoms with Crippen LogP contribution in [0, 0.1) is 0 Å². The average Bonchev–Trinajstić information content (AvgIpc) is 2.76. The third kappa shape index (κ3) is 2.07. The molecule has 0 aliphatic rings. The fourth-order valence-electron chi connectivity index (χ4n) is 1.71. The molecule has 17 heavy (non-hydrogen) atoms. The minimum absolute atomic E-state index is 0.520. The molecule has 0 radical (unpaired) electrons. The lowest BCUT2D eigenvalue weighted by Gasteiger charge is -2.05. The lowest BCUT2D eigenvalue weighted by Crippen LogP contribution is -1.96. The Balaban J connectivity index is 1.94. The quantitative estimate of drug-likeness (QED) is 0.720. The van der Waals surface area contributed by atoms with E-state index in [2.05, 4.69) is 33.9 Å². The molecule has 3 nitrogen and oxygen atoms in total. The van der Waals surface area contributed by atoms with Crippen LogP contribution in [0.5, 0.6) is 0 Å². The van der Waals surface area contributed by atoms with E-state index in [1.54, 1.807) is 17.4 Å². The fraction of sp³-hybridized carbons (Fsp3) is 0. The molecule has 3 N–H and O–H groups in total. The van der Waals surface area contributed by atoms with Crippen molar-refractivity contribution in [2.45, 2.75) is 0 Å². The van der Waals surface area contributed by atoms with E-state index >= 15 is 0 Å². The first-order valence-corrected chi connectivity index (χ1v) is 6.16. The van der Waals surface area contributed by atoms with Crippen molar-refractivity contribution in [3.05, 3.63) is 47.8 Å². The summed E-state index contributed by atoms with van der Waals surface area (Å²) in [5.41, 5.74) is 6.66. The Morgan fingerprint density at radius 1 is 1.12 bits per heavy atom. The Labute approximate surface area is 103 Å². The zero-order valence-corrected chi connectivity index (χ0v) is 9.87. The van der Waals surface area contributed by atoms with Gasteiger partial charge < -0.3 is 11.1 Å². The molecule has 0 atom stereocenters. The highest BCUT2D eigenvalue weighted by molar-refractivity contribution is 7.17. The van der Waals surface area contributed by atoms with Crippen LogP contribution in [0.1, 0.15) is 0 Å². The number of anilines is 3. The zero-order chi connectivity index (χ0) is 11.7. The minimum Gasteiger partial charge on any atom is -0.384 e. The van der Waals surface area contributed by atoms with Crippen LogP contribution in [0.25, 0.3) is 10.1 Å². The van der Waals surface area contributed by atoms with Crippen molar-refractivity contribution in [3.8, 4) is 0 Å². The minimum atomic E-state index is 0.520. The Hall–Kier alpha value is -2.07. The molecular weight excluding hydrogens is 230 g/mol. The topological polar surface area (TPSA) is 50.9 Å². The van der Waals surface area contributed by atoms with E-state index in [-0.39, 0.29) is 0 Å². The van der Waals surface area contributed by atoms with Gasteiger partial charge in [0, 0.05) is 10.4 Å². The molecule has 2 aromatic heterocycles.